The zero-order valence-corrected chi connectivity index (χ0v) is 24.3. The van der Waals surface area contributed by atoms with Crippen molar-refractivity contribution in [2.75, 3.05) is 0 Å². The molecule has 0 saturated heterocycles. The van der Waals surface area contributed by atoms with Crippen LogP contribution in [0.5, 0.6) is 0 Å². The molecule has 0 saturated carbocycles. The molecule has 0 amide bonds. The van der Waals surface area contributed by atoms with Crippen molar-refractivity contribution in [3.8, 4) is 0 Å². The molecule has 3 aromatic rings. The maximum absolute atomic E-state index is 4.93. The third kappa shape index (κ3) is 9.08. The minimum atomic E-state index is -0.826. The van der Waals surface area contributed by atoms with Crippen molar-refractivity contribution in [3.63, 3.8) is 0 Å². The average molecular weight is 562 g/mol. The van der Waals surface area contributed by atoms with E-state index in [-0.39, 0.29) is 10.8 Å². The van der Waals surface area contributed by atoms with E-state index in [1.807, 2.05) is 30.3 Å². The van der Waals surface area contributed by atoms with Crippen LogP contribution >= 0.6 is 17.0 Å². The van der Waals surface area contributed by atoms with E-state index in [0.717, 1.165) is 22.8 Å². The third-order valence-corrected chi connectivity index (χ3v) is 5.11. The van der Waals surface area contributed by atoms with Crippen molar-refractivity contribution in [2.24, 2.45) is 0 Å². The molecule has 0 N–H and O–H groups in total. The summed E-state index contributed by atoms with van der Waals surface area (Å²) < 4.78 is 0. The summed E-state index contributed by atoms with van der Waals surface area (Å²) in [6, 6.07) is 22.9. The van der Waals surface area contributed by atoms with Crippen LogP contribution < -0.4 is 0 Å². The van der Waals surface area contributed by atoms with Gasteiger partial charge in [0.1, 0.15) is 0 Å². The molecule has 33 heavy (non-hydrogen) atoms. The van der Waals surface area contributed by atoms with Crippen LogP contribution in [-0.2, 0) is 44.8 Å². The van der Waals surface area contributed by atoms with Gasteiger partial charge in [-0.3, -0.25) is 4.98 Å². The Morgan fingerprint density at radius 2 is 1.00 bits per heavy atom. The number of hydrogen-bond acceptors (Lipinski definition) is 1. The second-order valence-electron chi connectivity index (χ2n) is 9.86. The number of nitrogens with zero attached hydrogens (tertiary/aromatic N) is 3. The average Bonchev–Trinajstić information content (AvgIpc) is 2.76. The molecule has 0 bridgehead atoms. The Balaban J connectivity index is 0.00000122. The summed E-state index contributed by atoms with van der Waals surface area (Å²) in [6.07, 6.45) is 0. The summed E-state index contributed by atoms with van der Waals surface area (Å²) in [5.74, 6) is 0. The van der Waals surface area contributed by atoms with Crippen molar-refractivity contribution in [1.29, 1.82) is 0 Å². The number of para-hydroxylation sites is 2. The number of rotatable bonds is 6. The molecule has 3 nitrogen and oxygen atoms in total. The van der Waals surface area contributed by atoms with Gasteiger partial charge in [0, 0.05) is 11.4 Å². The second kappa shape index (κ2) is 12.9. The van der Waals surface area contributed by atoms with Crippen LogP contribution in [0.15, 0.2) is 66.7 Å². The molecule has 1 aromatic heterocycles. The Labute approximate surface area is 218 Å². The zero-order chi connectivity index (χ0) is 24.5. The molecule has 0 atom stereocenters. The second-order valence-corrected chi connectivity index (χ2v) is 13.6. The van der Waals surface area contributed by atoms with E-state index >= 15 is 0 Å². The molecule has 0 radical (unpaired) electrons. The number of pyridine rings is 1. The Kier molecular flexibility index (Phi) is 10.9. The van der Waals surface area contributed by atoms with Crippen LogP contribution in [0, 0.1) is 0 Å². The molecule has 0 spiro atoms. The van der Waals surface area contributed by atoms with Crippen molar-refractivity contribution in [1.82, 2.24) is 4.98 Å². The van der Waals surface area contributed by atoms with Gasteiger partial charge >= 0.3 is 37.9 Å². The van der Waals surface area contributed by atoms with Gasteiger partial charge < -0.3 is 10.6 Å². The normalized spacial score (nSPS) is 11.2. The molecule has 0 fully saturated rings. The number of hydrogen-bond donors (Lipinski definition) is 0. The van der Waals surface area contributed by atoms with E-state index in [9.17, 15) is 0 Å². The molecule has 3 rings (SSSR count). The van der Waals surface area contributed by atoms with Crippen molar-refractivity contribution < 1.29 is 20.8 Å². The van der Waals surface area contributed by atoms with Crippen molar-refractivity contribution in [2.45, 2.75) is 65.5 Å². The summed E-state index contributed by atoms with van der Waals surface area (Å²) in [5, 5.41) is 9.71. The summed E-state index contributed by atoms with van der Waals surface area (Å²) in [5.41, 5.74) is 6.67. The van der Waals surface area contributed by atoms with Gasteiger partial charge in [0.25, 0.3) is 0 Å². The van der Waals surface area contributed by atoms with Gasteiger partial charge in [0.2, 0.25) is 0 Å². The fraction of sp³-hybridized carbons (Fsp3) is 0.370. The standard InChI is InChI=1S/C27H33N3.2ClH.Zr/c1-26(2,3)22-14-7-9-16-24(22)28-18-20-12-11-13-21(30-20)19-29-25-17-10-8-15-23(25)27(4,5)6;;;/h7-17H,18-19H2,1-6H3;2*1H;/q-2;;;+4/p-2. The summed E-state index contributed by atoms with van der Waals surface area (Å²) in [4.78, 5) is 4.80. The Bertz CT molecular complexity index is 934. The molecule has 2 aromatic carbocycles. The SMILES string of the molecule is CC(C)(C)c1ccccc1[N-]Cc1cccc(C[N-]c2ccccc2C(C)(C)C)n1.[Cl][Zr+2][Cl]. The van der Waals surface area contributed by atoms with E-state index in [1.54, 1.807) is 0 Å². The molecule has 6 heteroatoms. The van der Waals surface area contributed by atoms with E-state index in [1.165, 1.54) is 11.1 Å². The molecular formula is C27H33Cl2N3Zr. The van der Waals surface area contributed by atoms with Gasteiger partial charge in [-0.15, -0.1) is 11.4 Å². The van der Waals surface area contributed by atoms with Crippen LogP contribution in [0.4, 0.5) is 11.4 Å². The van der Waals surface area contributed by atoms with Crippen LogP contribution in [0.3, 0.4) is 0 Å². The first-order valence-corrected chi connectivity index (χ1v) is 17.3. The quantitative estimate of drug-likeness (QED) is 0.295. The molecule has 1 heterocycles. The van der Waals surface area contributed by atoms with Crippen LogP contribution in [0.2, 0.25) is 0 Å². The monoisotopic (exact) mass is 559 g/mol. The first-order valence-electron chi connectivity index (χ1n) is 11.0. The van der Waals surface area contributed by atoms with Crippen LogP contribution in [0.25, 0.3) is 10.6 Å². The van der Waals surface area contributed by atoms with Crippen molar-refractivity contribution in [3.05, 3.63) is 99.9 Å². The van der Waals surface area contributed by atoms with Gasteiger partial charge in [-0.25, -0.2) is 0 Å². The fourth-order valence-electron chi connectivity index (χ4n) is 3.53. The number of halogens is 2. The molecule has 0 unspecified atom stereocenters. The summed E-state index contributed by atoms with van der Waals surface area (Å²) >= 11 is -0.826. The van der Waals surface area contributed by atoms with E-state index in [2.05, 4.69) is 77.9 Å². The minimum absolute atomic E-state index is 0.0642. The molecular weight excluding hydrogens is 528 g/mol. The van der Waals surface area contributed by atoms with Crippen LogP contribution in [-0.4, -0.2) is 4.98 Å². The molecule has 0 aliphatic rings. The summed E-state index contributed by atoms with van der Waals surface area (Å²) in [7, 11) is 9.87. The van der Waals surface area contributed by atoms with E-state index in [0.29, 0.717) is 13.1 Å². The molecule has 0 aliphatic carbocycles. The third-order valence-electron chi connectivity index (χ3n) is 5.11. The van der Waals surface area contributed by atoms with Gasteiger partial charge in [-0.1, -0.05) is 120 Å². The predicted molar refractivity (Wildman–Crippen MR) is 140 cm³/mol. The zero-order valence-electron chi connectivity index (χ0n) is 20.4. The van der Waals surface area contributed by atoms with E-state index < -0.39 is 20.8 Å². The first kappa shape index (κ1) is 27.9. The molecule has 174 valence electrons. The Morgan fingerprint density at radius 1 is 0.636 bits per heavy atom. The summed E-state index contributed by atoms with van der Waals surface area (Å²) in [6.45, 7) is 14.5. The fourth-order valence-corrected chi connectivity index (χ4v) is 3.53. The van der Waals surface area contributed by atoms with E-state index in [4.69, 9.17) is 32.6 Å². The Morgan fingerprint density at radius 3 is 1.36 bits per heavy atom. The maximum atomic E-state index is 4.93. The van der Waals surface area contributed by atoms with Gasteiger partial charge in [0.05, 0.1) is 0 Å². The van der Waals surface area contributed by atoms with Crippen molar-refractivity contribution >= 4 is 28.4 Å². The number of aromatic nitrogens is 1. The first-order chi connectivity index (χ1) is 15.6. The number of benzene rings is 2. The van der Waals surface area contributed by atoms with Gasteiger partial charge in [0.15, 0.2) is 0 Å². The van der Waals surface area contributed by atoms with Gasteiger partial charge in [-0.05, 0) is 23.0 Å². The van der Waals surface area contributed by atoms with Crippen LogP contribution in [0.1, 0.15) is 64.1 Å². The van der Waals surface area contributed by atoms with Gasteiger partial charge in [-0.2, -0.15) is 0 Å². The predicted octanol–water partition coefficient (Wildman–Crippen LogP) is 9.46. The Hall–Kier alpha value is -1.35. The molecule has 0 aliphatic heterocycles. The topological polar surface area (TPSA) is 41.1 Å².